The summed E-state index contributed by atoms with van der Waals surface area (Å²) in [5, 5.41) is 10.0. The molecule has 4 rings (SSSR count). The highest BCUT2D eigenvalue weighted by Crippen LogP contribution is 2.32. The van der Waals surface area contributed by atoms with E-state index in [1.165, 1.54) is 51.4 Å². The molecule has 0 atom stereocenters. The molecule has 146 valence electrons. The SMILES string of the molecule is Cc1cc(C(=O)Nc2nc(N3CCCCC3)n[nH]2)c(C)n1C1CCCCC1. The number of anilines is 2. The normalized spacial score (nSPS) is 18.7. The van der Waals surface area contributed by atoms with E-state index in [0.29, 0.717) is 17.9 Å². The first-order valence-electron chi connectivity index (χ1n) is 10.3. The number of aryl methyl sites for hydroxylation is 1. The molecular weight excluding hydrogens is 340 g/mol. The molecule has 1 saturated carbocycles. The molecule has 1 amide bonds. The molecule has 2 aliphatic rings. The second kappa shape index (κ2) is 7.74. The van der Waals surface area contributed by atoms with Crippen molar-refractivity contribution in [3.05, 3.63) is 23.0 Å². The molecule has 2 aromatic rings. The molecule has 0 spiro atoms. The van der Waals surface area contributed by atoms with Crippen LogP contribution in [0, 0.1) is 13.8 Å². The van der Waals surface area contributed by atoms with Crippen LogP contribution in [0.3, 0.4) is 0 Å². The summed E-state index contributed by atoms with van der Waals surface area (Å²) in [7, 11) is 0. The Morgan fingerprint density at radius 1 is 1.11 bits per heavy atom. The van der Waals surface area contributed by atoms with Crippen LogP contribution in [0.5, 0.6) is 0 Å². The first-order chi connectivity index (χ1) is 13.1. The molecule has 0 aromatic carbocycles. The summed E-state index contributed by atoms with van der Waals surface area (Å²) in [6, 6.07) is 2.53. The van der Waals surface area contributed by atoms with Gasteiger partial charge in [0.2, 0.25) is 11.9 Å². The van der Waals surface area contributed by atoms with Gasteiger partial charge >= 0.3 is 0 Å². The number of hydrogen-bond donors (Lipinski definition) is 2. The Kier molecular flexibility index (Phi) is 5.18. The van der Waals surface area contributed by atoms with E-state index in [9.17, 15) is 4.79 Å². The van der Waals surface area contributed by atoms with Crippen LogP contribution in [0.1, 0.15) is 79.2 Å². The van der Waals surface area contributed by atoms with Crippen LogP contribution in [0.2, 0.25) is 0 Å². The van der Waals surface area contributed by atoms with Crippen LogP contribution >= 0.6 is 0 Å². The van der Waals surface area contributed by atoms with Crippen molar-refractivity contribution < 1.29 is 4.79 Å². The number of nitrogens with one attached hydrogen (secondary N) is 2. The van der Waals surface area contributed by atoms with Gasteiger partial charge in [-0.05, 0) is 52.0 Å². The number of piperidine rings is 1. The number of hydrogen-bond acceptors (Lipinski definition) is 4. The highest BCUT2D eigenvalue weighted by molar-refractivity contribution is 6.04. The maximum absolute atomic E-state index is 12.8. The summed E-state index contributed by atoms with van der Waals surface area (Å²) >= 11 is 0. The van der Waals surface area contributed by atoms with Crippen LogP contribution in [-0.2, 0) is 0 Å². The Morgan fingerprint density at radius 2 is 1.81 bits per heavy atom. The Labute approximate surface area is 160 Å². The van der Waals surface area contributed by atoms with Crippen molar-refractivity contribution in [1.82, 2.24) is 19.7 Å². The first-order valence-corrected chi connectivity index (χ1v) is 10.3. The second-order valence-electron chi connectivity index (χ2n) is 7.93. The lowest BCUT2D eigenvalue weighted by Gasteiger charge is -2.26. The average molecular weight is 371 g/mol. The minimum Gasteiger partial charge on any atom is -0.345 e. The maximum Gasteiger partial charge on any atom is 0.259 e. The lowest BCUT2D eigenvalue weighted by molar-refractivity contribution is 0.102. The van der Waals surface area contributed by atoms with Crippen molar-refractivity contribution in [2.75, 3.05) is 23.3 Å². The largest absolute Gasteiger partial charge is 0.345 e. The van der Waals surface area contributed by atoms with Crippen LogP contribution < -0.4 is 10.2 Å². The highest BCUT2D eigenvalue weighted by atomic mass is 16.1. The molecule has 0 unspecified atom stereocenters. The predicted molar refractivity (Wildman–Crippen MR) is 106 cm³/mol. The van der Waals surface area contributed by atoms with E-state index in [1.807, 2.05) is 6.07 Å². The van der Waals surface area contributed by atoms with Gasteiger partial charge in [0, 0.05) is 30.5 Å². The zero-order valence-corrected chi connectivity index (χ0v) is 16.4. The lowest BCUT2D eigenvalue weighted by Crippen LogP contribution is -2.30. The summed E-state index contributed by atoms with van der Waals surface area (Å²) in [5.41, 5.74) is 2.94. The zero-order valence-electron chi connectivity index (χ0n) is 16.4. The third-order valence-corrected chi connectivity index (χ3v) is 6.01. The van der Waals surface area contributed by atoms with Crippen molar-refractivity contribution in [3.8, 4) is 0 Å². The number of carbonyl (C=O) groups is 1. The Morgan fingerprint density at radius 3 is 2.56 bits per heavy atom. The van der Waals surface area contributed by atoms with E-state index < -0.39 is 0 Å². The van der Waals surface area contributed by atoms with E-state index in [0.717, 1.165) is 30.0 Å². The number of rotatable bonds is 4. The van der Waals surface area contributed by atoms with Gasteiger partial charge in [0.25, 0.3) is 5.91 Å². The summed E-state index contributed by atoms with van der Waals surface area (Å²) in [4.78, 5) is 19.5. The van der Waals surface area contributed by atoms with Crippen LogP contribution in [0.15, 0.2) is 6.07 Å². The molecule has 3 heterocycles. The monoisotopic (exact) mass is 370 g/mol. The van der Waals surface area contributed by atoms with Gasteiger partial charge in [0.05, 0.1) is 5.56 Å². The zero-order chi connectivity index (χ0) is 18.8. The van der Waals surface area contributed by atoms with Gasteiger partial charge in [0.1, 0.15) is 0 Å². The minimum absolute atomic E-state index is 0.119. The molecule has 0 bridgehead atoms. The fourth-order valence-corrected chi connectivity index (χ4v) is 4.63. The molecule has 0 radical (unpaired) electrons. The predicted octanol–water partition coefficient (Wildman–Crippen LogP) is 3.97. The van der Waals surface area contributed by atoms with Crippen molar-refractivity contribution in [1.29, 1.82) is 0 Å². The van der Waals surface area contributed by atoms with Crippen LogP contribution in [0.25, 0.3) is 0 Å². The maximum atomic E-state index is 12.8. The fraction of sp³-hybridized carbons (Fsp3) is 0.650. The van der Waals surface area contributed by atoms with Crippen molar-refractivity contribution >= 4 is 17.8 Å². The Bertz CT molecular complexity index is 795. The summed E-state index contributed by atoms with van der Waals surface area (Å²) in [6.45, 7) is 6.11. The average Bonchev–Trinajstić information content (AvgIpc) is 3.27. The smallest absolute Gasteiger partial charge is 0.259 e. The van der Waals surface area contributed by atoms with Gasteiger partial charge in [-0.2, -0.15) is 4.98 Å². The minimum atomic E-state index is -0.119. The number of aromatic amines is 1. The molecule has 1 saturated heterocycles. The highest BCUT2D eigenvalue weighted by Gasteiger charge is 2.23. The number of amides is 1. The molecule has 1 aliphatic carbocycles. The molecular formula is C20H30N6O. The van der Waals surface area contributed by atoms with Crippen molar-refractivity contribution in [3.63, 3.8) is 0 Å². The quantitative estimate of drug-likeness (QED) is 0.853. The lowest BCUT2D eigenvalue weighted by atomic mass is 9.95. The molecule has 2 fully saturated rings. The van der Waals surface area contributed by atoms with E-state index in [4.69, 9.17) is 0 Å². The van der Waals surface area contributed by atoms with E-state index in [-0.39, 0.29) is 5.91 Å². The number of aromatic nitrogens is 4. The van der Waals surface area contributed by atoms with Gasteiger partial charge in [-0.1, -0.05) is 19.3 Å². The van der Waals surface area contributed by atoms with E-state index in [1.54, 1.807) is 0 Å². The second-order valence-corrected chi connectivity index (χ2v) is 7.93. The van der Waals surface area contributed by atoms with Gasteiger partial charge in [-0.25, -0.2) is 5.10 Å². The van der Waals surface area contributed by atoms with Crippen LogP contribution in [-0.4, -0.2) is 38.7 Å². The molecule has 2 N–H and O–H groups in total. The van der Waals surface area contributed by atoms with Gasteiger partial charge in [-0.3, -0.25) is 10.1 Å². The summed E-state index contributed by atoms with van der Waals surface area (Å²) < 4.78 is 2.35. The Hall–Kier alpha value is -2.31. The topological polar surface area (TPSA) is 78.8 Å². The van der Waals surface area contributed by atoms with Crippen molar-refractivity contribution in [2.24, 2.45) is 0 Å². The van der Waals surface area contributed by atoms with E-state index in [2.05, 4.69) is 43.8 Å². The first kappa shape index (κ1) is 18.1. The number of carbonyl (C=O) groups excluding carboxylic acids is 1. The van der Waals surface area contributed by atoms with Gasteiger partial charge in [0.15, 0.2) is 0 Å². The summed E-state index contributed by atoms with van der Waals surface area (Å²) in [6.07, 6.45) is 9.90. The summed E-state index contributed by atoms with van der Waals surface area (Å²) in [5.74, 6) is 0.979. The number of H-pyrrole nitrogens is 1. The number of nitrogens with zero attached hydrogens (tertiary/aromatic N) is 4. The van der Waals surface area contributed by atoms with Gasteiger partial charge in [-0.15, -0.1) is 5.10 Å². The molecule has 2 aromatic heterocycles. The van der Waals surface area contributed by atoms with Crippen molar-refractivity contribution in [2.45, 2.75) is 71.3 Å². The third-order valence-electron chi connectivity index (χ3n) is 6.01. The molecule has 7 heteroatoms. The van der Waals surface area contributed by atoms with E-state index >= 15 is 0 Å². The van der Waals surface area contributed by atoms with Crippen LogP contribution in [0.4, 0.5) is 11.9 Å². The fourth-order valence-electron chi connectivity index (χ4n) is 4.63. The third kappa shape index (κ3) is 3.73. The molecule has 7 nitrogen and oxygen atoms in total. The molecule has 27 heavy (non-hydrogen) atoms. The Balaban J connectivity index is 1.48. The standard InChI is InChI=1S/C20H30N6O/c1-14-13-17(15(2)26(14)16-9-5-3-6-10-16)18(27)21-19-22-20(24-23-19)25-11-7-4-8-12-25/h13,16H,3-12H2,1-2H3,(H2,21,22,23,24,27). The van der Waals surface area contributed by atoms with Gasteiger partial charge < -0.3 is 9.47 Å². The molecule has 1 aliphatic heterocycles.